The normalized spacial score (nSPS) is 17.6. The van der Waals surface area contributed by atoms with Gasteiger partial charge in [-0.1, -0.05) is 12.1 Å². The zero-order valence-corrected chi connectivity index (χ0v) is 15.8. The molecule has 0 aromatic heterocycles. The van der Waals surface area contributed by atoms with Crippen LogP contribution in [0.3, 0.4) is 0 Å². The summed E-state index contributed by atoms with van der Waals surface area (Å²) in [5, 5.41) is 9.50. The molecule has 1 heterocycles. The molecule has 0 aliphatic carbocycles. The molecule has 0 spiro atoms. The SMILES string of the molecule is C[C@H](O)c1ccc(S(=O)(=O)Nc2ccc(C(=O)O[C@@H]3CCOC3=O)cc2)cc1. The van der Waals surface area contributed by atoms with Gasteiger partial charge in [0.2, 0.25) is 6.10 Å². The van der Waals surface area contributed by atoms with Gasteiger partial charge in [-0.25, -0.2) is 18.0 Å². The number of hydrogen-bond acceptors (Lipinski definition) is 7. The van der Waals surface area contributed by atoms with Gasteiger partial charge in [-0.2, -0.15) is 0 Å². The molecule has 1 saturated heterocycles. The lowest BCUT2D eigenvalue weighted by Crippen LogP contribution is -2.22. The monoisotopic (exact) mass is 405 g/mol. The standard InChI is InChI=1S/C19H19NO7S/c1-12(21)13-4-8-16(9-5-13)28(24,25)20-15-6-2-14(3-7-15)18(22)27-17-10-11-26-19(17)23/h2-9,12,17,20-21H,10-11H2,1H3/t12-,17+/m0/s1. The summed E-state index contributed by atoms with van der Waals surface area (Å²) in [6.07, 6.45) is -1.28. The van der Waals surface area contributed by atoms with E-state index >= 15 is 0 Å². The molecule has 2 aromatic carbocycles. The molecule has 148 valence electrons. The third kappa shape index (κ3) is 4.49. The van der Waals surface area contributed by atoms with E-state index in [9.17, 15) is 23.1 Å². The highest BCUT2D eigenvalue weighted by Gasteiger charge is 2.30. The first-order valence-corrected chi connectivity index (χ1v) is 10.0. The first kappa shape index (κ1) is 19.8. The second-order valence-electron chi connectivity index (χ2n) is 6.28. The van der Waals surface area contributed by atoms with Crippen LogP contribution in [-0.2, 0) is 24.3 Å². The Morgan fingerprint density at radius 3 is 2.36 bits per heavy atom. The Morgan fingerprint density at radius 1 is 1.18 bits per heavy atom. The summed E-state index contributed by atoms with van der Waals surface area (Å²) in [7, 11) is -3.82. The fourth-order valence-corrected chi connectivity index (χ4v) is 3.65. The number of aliphatic hydroxyl groups excluding tert-OH is 1. The number of rotatable bonds is 6. The Kier molecular flexibility index (Phi) is 5.66. The van der Waals surface area contributed by atoms with Gasteiger partial charge in [0, 0.05) is 12.1 Å². The summed E-state index contributed by atoms with van der Waals surface area (Å²) >= 11 is 0. The van der Waals surface area contributed by atoms with Crippen molar-refractivity contribution in [3.63, 3.8) is 0 Å². The lowest BCUT2D eigenvalue weighted by Gasteiger charge is -2.11. The number of hydrogen-bond donors (Lipinski definition) is 2. The molecule has 9 heteroatoms. The van der Waals surface area contributed by atoms with Gasteiger partial charge < -0.3 is 14.6 Å². The zero-order valence-electron chi connectivity index (χ0n) is 15.0. The number of ether oxygens (including phenoxy) is 2. The molecule has 8 nitrogen and oxygen atoms in total. The van der Waals surface area contributed by atoms with Gasteiger partial charge in [-0.15, -0.1) is 0 Å². The molecule has 0 unspecified atom stereocenters. The van der Waals surface area contributed by atoms with Crippen molar-refractivity contribution >= 4 is 27.6 Å². The summed E-state index contributed by atoms with van der Waals surface area (Å²) in [6.45, 7) is 1.81. The van der Waals surface area contributed by atoms with E-state index in [2.05, 4.69) is 4.72 Å². The molecule has 2 atom stereocenters. The number of anilines is 1. The summed E-state index contributed by atoms with van der Waals surface area (Å²) in [5.41, 5.74) is 1.05. The first-order valence-electron chi connectivity index (χ1n) is 8.55. The lowest BCUT2D eigenvalue weighted by molar-refractivity contribution is -0.145. The van der Waals surface area contributed by atoms with Crippen molar-refractivity contribution < 1.29 is 32.6 Å². The molecule has 28 heavy (non-hydrogen) atoms. The quantitative estimate of drug-likeness (QED) is 0.706. The Hall–Kier alpha value is -2.91. The van der Waals surface area contributed by atoms with Crippen LogP contribution < -0.4 is 4.72 Å². The van der Waals surface area contributed by atoms with Crippen molar-refractivity contribution in [2.45, 2.75) is 30.4 Å². The Labute approximate surface area is 162 Å². The molecule has 0 saturated carbocycles. The predicted octanol–water partition coefficient (Wildman–Crippen LogP) is 2.01. The number of esters is 2. The van der Waals surface area contributed by atoms with Gasteiger partial charge in [0.15, 0.2) is 0 Å². The second kappa shape index (κ2) is 7.99. The van der Waals surface area contributed by atoms with E-state index in [1.54, 1.807) is 6.92 Å². The van der Waals surface area contributed by atoms with Crippen molar-refractivity contribution in [1.29, 1.82) is 0 Å². The molecule has 0 radical (unpaired) electrons. The number of carbonyl (C=O) groups excluding carboxylic acids is 2. The van der Waals surface area contributed by atoms with Gasteiger partial charge in [0.25, 0.3) is 10.0 Å². The van der Waals surface area contributed by atoms with Crippen molar-refractivity contribution in [1.82, 2.24) is 0 Å². The van der Waals surface area contributed by atoms with Crippen LogP contribution in [0.25, 0.3) is 0 Å². The van der Waals surface area contributed by atoms with Crippen LogP contribution in [0.15, 0.2) is 53.4 Å². The number of cyclic esters (lactones) is 1. The Morgan fingerprint density at radius 2 is 1.82 bits per heavy atom. The van der Waals surface area contributed by atoms with Crippen LogP contribution in [0.1, 0.15) is 35.4 Å². The van der Waals surface area contributed by atoms with Gasteiger partial charge >= 0.3 is 11.9 Å². The minimum atomic E-state index is -3.82. The smallest absolute Gasteiger partial charge is 0.347 e. The Bertz CT molecular complexity index is 966. The average Bonchev–Trinajstić information content (AvgIpc) is 3.06. The molecule has 1 aliphatic heterocycles. The number of carbonyl (C=O) groups is 2. The molecular weight excluding hydrogens is 386 g/mol. The fourth-order valence-electron chi connectivity index (χ4n) is 2.60. The maximum atomic E-state index is 12.5. The maximum absolute atomic E-state index is 12.5. The second-order valence-corrected chi connectivity index (χ2v) is 7.96. The Balaban J connectivity index is 1.67. The molecule has 1 aliphatic rings. The van der Waals surface area contributed by atoms with E-state index in [-0.39, 0.29) is 22.8 Å². The van der Waals surface area contributed by atoms with Crippen LogP contribution in [0, 0.1) is 0 Å². The molecule has 2 N–H and O–H groups in total. The minimum absolute atomic E-state index is 0.0418. The highest BCUT2D eigenvalue weighted by atomic mass is 32.2. The molecule has 0 amide bonds. The van der Waals surface area contributed by atoms with Gasteiger partial charge in [-0.05, 0) is 48.9 Å². The minimum Gasteiger partial charge on any atom is -0.463 e. The van der Waals surface area contributed by atoms with Crippen LogP contribution in [-0.4, -0.2) is 38.2 Å². The predicted molar refractivity (Wildman–Crippen MR) is 99.1 cm³/mol. The van der Waals surface area contributed by atoms with Crippen LogP contribution in [0.5, 0.6) is 0 Å². The molecule has 3 rings (SSSR count). The fraction of sp³-hybridized carbons (Fsp3) is 0.263. The van der Waals surface area contributed by atoms with Crippen LogP contribution in [0.2, 0.25) is 0 Å². The maximum Gasteiger partial charge on any atom is 0.347 e. The highest BCUT2D eigenvalue weighted by Crippen LogP contribution is 2.20. The van der Waals surface area contributed by atoms with Gasteiger partial charge in [0.1, 0.15) is 0 Å². The molecule has 2 aromatic rings. The lowest BCUT2D eigenvalue weighted by atomic mass is 10.1. The van der Waals surface area contributed by atoms with Crippen molar-refractivity contribution in [2.75, 3.05) is 11.3 Å². The van der Waals surface area contributed by atoms with Crippen molar-refractivity contribution in [2.24, 2.45) is 0 Å². The van der Waals surface area contributed by atoms with E-state index in [1.807, 2.05) is 0 Å². The summed E-state index contributed by atoms with van der Waals surface area (Å²) in [5.74, 6) is -1.26. The van der Waals surface area contributed by atoms with E-state index in [0.717, 1.165) is 0 Å². The number of benzene rings is 2. The zero-order chi connectivity index (χ0) is 20.3. The van der Waals surface area contributed by atoms with E-state index in [4.69, 9.17) is 9.47 Å². The van der Waals surface area contributed by atoms with Crippen LogP contribution >= 0.6 is 0 Å². The third-order valence-electron chi connectivity index (χ3n) is 4.18. The summed E-state index contributed by atoms with van der Waals surface area (Å²) in [4.78, 5) is 23.5. The molecule has 0 bridgehead atoms. The average molecular weight is 405 g/mol. The van der Waals surface area contributed by atoms with Gasteiger partial charge in [-0.3, -0.25) is 4.72 Å². The third-order valence-corrected chi connectivity index (χ3v) is 5.58. The number of nitrogens with one attached hydrogen (secondary N) is 1. The first-order chi connectivity index (χ1) is 13.3. The van der Waals surface area contributed by atoms with E-state index < -0.39 is 34.2 Å². The summed E-state index contributed by atoms with van der Waals surface area (Å²) < 4.78 is 37.1. The topological polar surface area (TPSA) is 119 Å². The number of aliphatic hydroxyl groups is 1. The van der Waals surface area contributed by atoms with E-state index in [0.29, 0.717) is 12.0 Å². The summed E-state index contributed by atoms with van der Waals surface area (Å²) in [6, 6.07) is 11.5. The van der Waals surface area contributed by atoms with Crippen molar-refractivity contribution in [3.05, 3.63) is 59.7 Å². The van der Waals surface area contributed by atoms with Crippen LogP contribution in [0.4, 0.5) is 5.69 Å². The van der Waals surface area contributed by atoms with E-state index in [1.165, 1.54) is 48.5 Å². The largest absolute Gasteiger partial charge is 0.463 e. The van der Waals surface area contributed by atoms with Crippen molar-refractivity contribution in [3.8, 4) is 0 Å². The van der Waals surface area contributed by atoms with Gasteiger partial charge in [0.05, 0.1) is 23.2 Å². The number of sulfonamides is 1. The molecule has 1 fully saturated rings. The highest BCUT2D eigenvalue weighted by molar-refractivity contribution is 7.92. The molecular formula is C19H19NO7S.